The molecule has 4 nitrogen and oxygen atoms in total. The Morgan fingerprint density at radius 1 is 1.23 bits per heavy atom. The summed E-state index contributed by atoms with van der Waals surface area (Å²) in [5.41, 5.74) is 0.368. The van der Waals surface area contributed by atoms with Crippen LogP contribution in [0, 0.1) is 0 Å². The van der Waals surface area contributed by atoms with E-state index in [4.69, 9.17) is 20.8 Å². The lowest BCUT2D eigenvalue weighted by Gasteiger charge is -2.08. The standard InChI is InChI=1S/C16H10BrClO4/c1-21-10-4-2-8(3-5-10)15-14(20)13(19)11-6-9(18)7-12(17)16(11)22-15/h2-7,20H,1H3. The largest absolute Gasteiger partial charge is 0.502 e. The fourth-order valence-corrected chi connectivity index (χ4v) is 3.04. The van der Waals surface area contributed by atoms with Crippen LogP contribution in [-0.2, 0) is 0 Å². The van der Waals surface area contributed by atoms with Crippen molar-refractivity contribution in [2.24, 2.45) is 0 Å². The van der Waals surface area contributed by atoms with Gasteiger partial charge in [-0.25, -0.2) is 0 Å². The second kappa shape index (κ2) is 5.66. The highest BCUT2D eigenvalue weighted by atomic mass is 79.9. The first-order chi connectivity index (χ1) is 10.5. The molecule has 0 amide bonds. The summed E-state index contributed by atoms with van der Waals surface area (Å²) in [5.74, 6) is 0.314. The van der Waals surface area contributed by atoms with E-state index in [0.717, 1.165) is 0 Å². The third-order valence-corrected chi connectivity index (χ3v) is 4.05. The third kappa shape index (κ3) is 2.46. The molecule has 0 radical (unpaired) electrons. The smallest absolute Gasteiger partial charge is 0.235 e. The van der Waals surface area contributed by atoms with Gasteiger partial charge in [0.25, 0.3) is 0 Å². The minimum atomic E-state index is -0.532. The number of benzene rings is 2. The number of ether oxygens (including phenoxy) is 1. The Balaban J connectivity index is 2.30. The molecule has 0 fully saturated rings. The molecule has 0 aliphatic rings. The number of halogens is 2. The molecule has 0 aliphatic carbocycles. The summed E-state index contributed by atoms with van der Waals surface area (Å²) in [6.07, 6.45) is 0. The van der Waals surface area contributed by atoms with Crippen molar-refractivity contribution in [1.82, 2.24) is 0 Å². The van der Waals surface area contributed by atoms with Gasteiger partial charge in [0.05, 0.1) is 17.0 Å². The maximum absolute atomic E-state index is 12.3. The number of rotatable bonds is 2. The summed E-state index contributed by atoms with van der Waals surface area (Å²) in [4.78, 5) is 12.3. The summed E-state index contributed by atoms with van der Waals surface area (Å²) < 4.78 is 11.4. The third-order valence-electron chi connectivity index (χ3n) is 3.24. The molecular formula is C16H10BrClO4. The van der Waals surface area contributed by atoms with E-state index >= 15 is 0 Å². The van der Waals surface area contributed by atoms with Crippen LogP contribution in [0.5, 0.6) is 11.5 Å². The van der Waals surface area contributed by atoms with Crippen LogP contribution >= 0.6 is 27.5 Å². The van der Waals surface area contributed by atoms with E-state index in [1.807, 2.05) is 0 Å². The SMILES string of the molecule is COc1ccc(-c2oc3c(Br)cc(Cl)cc3c(=O)c2O)cc1. The Morgan fingerprint density at radius 2 is 1.91 bits per heavy atom. The molecule has 1 heterocycles. The predicted molar refractivity (Wildman–Crippen MR) is 88.8 cm³/mol. The molecule has 0 unspecified atom stereocenters. The van der Waals surface area contributed by atoms with E-state index in [-0.39, 0.29) is 11.1 Å². The van der Waals surface area contributed by atoms with Crippen molar-refractivity contribution in [3.05, 3.63) is 56.1 Å². The zero-order valence-corrected chi connectivity index (χ0v) is 13.7. The molecule has 0 saturated heterocycles. The summed E-state index contributed by atoms with van der Waals surface area (Å²) in [6.45, 7) is 0. The van der Waals surface area contributed by atoms with E-state index in [1.165, 1.54) is 6.07 Å². The molecule has 0 bridgehead atoms. The lowest BCUT2D eigenvalue weighted by molar-refractivity contribution is 0.414. The fourth-order valence-electron chi connectivity index (χ4n) is 2.15. The Bertz CT molecular complexity index is 916. The molecular weight excluding hydrogens is 372 g/mol. The minimum Gasteiger partial charge on any atom is -0.502 e. The van der Waals surface area contributed by atoms with Gasteiger partial charge in [-0.15, -0.1) is 0 Å². The minimum absolute atomic E-state index is 0.100. The van der Waals surface area contributed by atoms with Gasteiger partial charge in [-0.05, 0) is 52.3 Å². The van der Waals surface area contributed by atoms with Gasteiger partial charge in [-0.3, -0.25) is 4.79 Å². The van der Waals surface area contributed by atoms with Crippen molar-refractivity contribution in [3.8, 4) is 22.8 Å². The van der Waals surface area contributed by atoms with Crippen LogP contribution in [0.3, 0.4) is 0 Å². The summed E-state index contributed by atoms with van der Waals surface area (Å²) in [7, 11) is 1.56. The Morgan fingerprint density at radius 3 is 2.55 bits per heavy atom. The van der Waals surface area contributed by atoms with E-state index < -0.39 is 11.2 Å². The highest BCUT2D eigenvalue weighted by Gasteiger charge is 2.17. The van der Waals surface area contributed by atoms with Crippen molar-refractivity contribution in [1.29, 1.82) is 0 Å². The van der Waals surface area contributed by atoms with Gasteiger partial charge in [0, 0.05) is 10.6 Å². The summed E-state index contributed by atoms with van der Waals surface area (Å²) >= 11 is 9.25. The van der Waals surface area contributed by atoms with Crippen LogP contribution in [0.4, 0.5) is 0 Å². The first-order valence-corrected chi connectivity index (χ1v) is 7.47. The molecule has 3 rings (SSSR count). The average Bonchev–Trinajstić information content (AvgIpc) is 2.51. The molecule has 0 aliphatic heterocycles. The van der Waals surface area contributed by atoms with Gasteiger partial charge in [0.15, 0.2) is 11.3 Å². The fraction of sp³-hybridized carbons (Fsp3) is 0.0625. The highest BCUT2D eigenvalue weighted by molar-refractivity contribution is 9.10. The number of fused-ring (bicyclic) bond motifs is 1. The van der Waals surface area contributed by atoms with Crippen LogP contribution in [0.25, 0.3) is 22.3 Å². The average molecular weight is 382 g/mol. The topological polar surface area (TPSA) is 59.7 Å². The molecule has 0 saturated carbocycles. The summed E-state index contributed by atoms with van der Waals surface area (Å²) in [5, 5.41) is 10.8. The maximum Gasteiger partial charge on any atom is 0.235 e. The quantitative estimate of drug-likeness (QED) is 0.705. The second-order valence-corrected chi connectivity index (χ2v) is 5.89. The van der Waals surface area contributed by atoms with Crippen LogP contribution < -0.4 is 10.2 Å². The van der Waals surface area contributed by atoms with E-state index in [1.54, 1.807) is 37.4 Å². The van der Waals surface area contributed by atoms with Crippen molar-refractivity contribution in [2.45, 2.75) is 0 Å². The Labute approximate surface area is 139 Å². The number of aromatic hydroxyl groups is 1. The van der Waals surface area contributed by atoms with Gasteiger partial charge in [-0.2, -0.15) is 0 Å². The first-order valence-electron chi connectivity index (χ1n) is 6.30. The number of methoxy groups -OCH3 is 1. The molecule has 2 aromatic carbocycles. The zero-order chi connectivity index (χ0) is 15.9. The van der Waals surface area contributed by atoms with E-state index in [9.17, 15) is 9.90 Å². The zero-order valence-electron chi connectivity index (χ0n) is 11.4. The van der Waals surface area contributed by atoms with Gasteiger partial charge in [-0.1, -0.05) is 11.6 Å². The molecule has 1 N–H and O–H groups in total. The Hall–Kier alpha value is -1.98. The van der Waals surface area contributed by atoms with Crippen molar-refractivity contribution in [2.75, 3.05) is 7.11 Å². The number of hydrogen-bond donors (Lipinski definition) is 1. The van der Waals surface area contributed by atoms with Crippen LogP contribution in [0.1, 0.15) is 0 Å². The lowest BCUT2D eigenvalue weighted by atomic mass is 10.1. The predicted octanol–water partition coefficient (Wildman–Crippen LogP) is 4.59. The molecule has 0 atom stereocenters. The molecule has 112 valence electrons. The van der Waals surface area contributed by atoms with Crippen LogP contribution in [0.2, 0.25) is 5.02 Å². The molecule has 6 heteroatoms. The highest BCUT2D eigenvalue weighted by Crippen LogP contribution is 2.34. The van der Waals surface area contributed by atoms with Crippen LogP contribution in [-0.4, -0.2) is 12.2 Å². The van der Waals surface area contributed by atoms with Crippen molar-refractivity contribution < 1.29 is 14.3 Å². The lowest BCUT2D eigenvalue weighted by Crippen LogP contribution is -2.03. The van der Waals surface area contributed by atoms with Gasteiger partial charge in [0.1, 0.15) is 5.75 Å². The van der Waals surface area contributed by atoms with Crippen molar-refractivity contribution in [3.63, 3.8) is 0 Å². The molecule has 0 spiro atoms. The van der Waals surface area contributed by atoms with Gasteiger partial charge < -0.3 is 14.3 Å². The molecule has 22 heavy (non-hydrogen) atoms. The molecule has 3 aromatic rings. The van der Waals surface area contributed by atoms with Gasteiger partial charge in [0.2, 0.25) is 11.2 Å². The monoisotopic (exact) mass is 380 g/mol. The summed E-state index contributed by atoms with van der Waals surface area (Å²) in [6, 6.07) is 9.93. The normalized spacial score (nSPS) is 10.9. The second-order valence-electron chi connectivity index (χ2n) is 4.60. The van der Waals surface area contributed by atoms with E-state index in [0.29, 0.717) is 26.4 Å². The van der Waals surface area contributed by atoms with Crippen LogP contribution in [0.15, 0.2) is 50.1 Å². The van der Waals surface area contributed by atoms with Crippen molar-refractivity contribution >= 4 is 38.5 Å². The maximum atomic E-state index is 12.3. The first kappa shape index (κ1) is 14.9. The van der Waals surface area contributed by atoms with E-state index in [2.05, 4.69) is 15.9 Å². The molecule has 1 aromatic heterocycles. The van der Waals surface area contributed by atoms with Gasteiger partial charge >= 0.3 is 0 Å². The number of hydrogen-bond acceptors (Lipinski definition) is 4. The Kier molecular flexibility index (Phi) is 3.85.